The van der Waals surface area contributed by atoms with Gasteiger partial charge in [0.05, 0.1) is 35.8 Å². The highest BCUT2D eigenvalue weighted by Gasteiger charge is 2.33. The fraction of sp³-hybridized carbons (Fsp3) is 0.455. The van der Waals surface area contributed by atoms with Gasteiger partial charge in [-0.25, -0.2) is 4.98 Å². The Hall–Kier alpha value is -2.27. The van der Waals surface area contributed by atoms with Gasteiger partial charge < -0.3 is 14.4 Å². The van der Waals surface area contributed by atoms with Gasteiger partial charge in [0.15, 0.2) is 0 Å². The highest BCUT2D eigenvalue weighted by molar-refractivity contribution is 8.26. The molecule has 2 aromatic rings. The number of carbonyl (C=O) groups excluding carboxylic acids is 1. The van der Waals surface area contributed by atoms with Crippen LogP contribution in [0.4, 0.5) is 5.82 Å². The van der Waals surface area contributed by atoms with E-state index in [-0.39, 0.29) is 23.7 Å². The molecule has 0 aliphatic carbocycles. The maximum atomic E-state index is 13.6. The second-order valence-corrected chi connectivity index (χ2v) is 9.70. The van der Waals surface area contributed by atoms with Crippen molar-refractivity contribution in [2.75, 3.05) is 38.3 Å². The van der Waals surface area contributed by atoms with E-state index in [4.69, 9.17) is 26.7 Å². The van der Waals surface area contributed by atoms with Crippen LogP contribution in [0.15, 0.2) is 28.0 Å². The molecule has 0 saturated carbocycles. The number of thiocarbonyl (C=S) groups is 1. The maximum Gasteiger partial charge on any atom is 0.267 e. The van der Waals surface area contributed by atoms with Crippen LogP contribution in [0.1, 0.15) is 25.0 Å². The fourth-order valence-electron chi connectivity index (χ4n) is 4.03. The molecular weight excluding hydrogens is 448 g/mol. The van der Waals surface area contributed by atoms with Gasteiger partial charge in [-0.3, -0.25) is 18.9 Å². The van der Waals surface area contributed by atoms with Gasteiger partial charge in [-0.05, 0) is 38.5 Å². The number of thioether (sulfide) groups is 1. The molecule has 0 N–H and O–H groups in total. The fourth-order valence-corrected chi connectivity index (χ4v) is 5.32. The average molecular weight is 475 g/mol. The Morgan fingerprint density at radius 3 is 2.72 bits per heavy atom. The van der Waals surface area contributed by atoms with E-state index in [0.717, 1.165) is 5.56 Å². The molecule has 4 rings (SSSR count). The largest absolute Gasteiger partial charge is 0.383 e. The number of aryl methyl sites for hydroxylation is 1. The summed E-state index contributed by atoms with van der Waals surface area (Å²) < 4.78 is 12.9. The summed E-state index contributed by atoms with van der Waals surface area (Å²) in [7, 11) is 1.58. The standard InChI is InChI=1S/C22H26N4O4S2/c1-13-6-5-7-25-18(13)23-19(24-11-14(2)30-15(3)12-24)16(20(25)27)10-17-21(28)26(8-9-29-4)22(31)32-17/h5-7,10,14-15H,8-9,11-12H2,1-4H3/b17-10-/t14-,15-/m1/s1. The van der Waals surface area contributed by atoms with Gasteiger partial charge in [-0.2, -0.15) is 0 Å². The van der Waals surface area contributed by atoms with E-state index < -0.39 is 0 Å². The van der Waals surface area contributed by atoms with E-state index in [1.54, 1.807) is 19.4 Å². The summed E-state index contributed by atoms with van der Waals surface area (Å²) in [5, 5.41) is 0. The average Bonchev–Trinajstić information content (AvgIpc) is 3.00. The molecule has 2 saturated heterocycles. The number of morpholine rings is 1. The summed E-state index contributed by atoms with van der Waals surface area (Å²) >= 11 is 6.58. The summed E-state index contributed by atoms with van der Waals surface area (Å²) in [6.07, 6.45) is 3.33. The third kappa shape index (κ3) is 4.32. The van der Waals surface area contributed by atoms with Gasteiger partial charge in [-0.15, -0.1) is 0 Å². The van der Waals surface area contributed by atoms with E-state index in [2.05, 4.69) is 4.90 Å². The van der Waals surface area contributed by atoms with Crippen molar-refractivity contribution in [3.05, 3.63) is 44.7 Å². The molecular formula is C22H26N4O4S2. The predicted molar refractivity (Wildman–Crippen MR) is 130 cm³/mol. The molecule has 2 atom stereocenters. The zero-order chi connectivity index (χ0) is 23.0. The van der Waals surface area contributed by atoms with Crippen molar-refractivity contribution in [1.82, 2.24) is 14.3 Å². The van der Waals surface area contributed by atoms with Gasteiger partial charge in [0.2, 0.25) is 0 Å². The summed E-state index contributed by atoms with van der Waals surface area (Å²) in [4.78, 5) is 35.4. The summed E-state index contributed by atoms with van der Waals surface area (Å²) in [5.74, 6) is 0.342. The number of ether oxygens (including phenoxy) is 2. The van der Waals surface area contributed by atoms with Crippen molar-refractivity contribution in [2.24, 2.45) is 0 Å². The molecule has 1 amide bonds. The van der Waals surface area contributed by atoms with Crippen molar-refractivity contribution < 1.29 is 14.3 Å². The van der Waals surface area contributed by atoms with Crippen molar-refractivity contribution in [3.8, 4) is 0 Å². The first-order valence-electron chi connectivity index (χ1n) is 10.5. The molecule has 0 spiro atoms. The van der Waals surface area contributed by atoms with Crippen LogP contribution in [0.2, 0.25) is 0 Å². The second-order valence-electron chi connectivity index (χ2n) is 8.03. The van der Waals surface area contributed by atoms with Crippen LogP contribution in [-0.4, -0.2) is 70.1 Å². The zero-order valence-electron chi connectivity index (χ0n) is 18.5. The Bertz CT molecular complexity index is 1150. The SMILES string of the molecule is COCCN1C(=O)/C(=C/c2c(N3C[C@@H](C)O[C@H](C)C3)nc3c(C)cccn3c2=O)SC1=S. The maximum absolute atomic E-state index is 13.6. The van der Waals surface area contributed by atoms with Crippen molar-refractivity contribution >= 4 is 51.7 Å². The lowest BCUT2D eigenvalue weighted by atomic mass is 10.1. The molecule has 2 aliphatic heterocycles. The molecule has 0 aromatic carbocycles. The second kappa shape index (κ2) is 9.30. The third-order valence-electron chi connectivity index (χ3n) is 5.45. The lowest BCUT2D eigenvalue weighted by molar-refractivity contribution is -0.122. The Labute approximate surface area is 196 Å². The minimum absolute atomic E-state index is 0.00373. The highest BCUT2D eigenvalue weighted by atomic mass is 32.2. The van der Waals surface area contributed by atoms with E-state index in [0.29, 0.717) is 52.5 Å². The van der Waals surface area contributed by atoms with E-state index >= 15 is 0 Å². The molecule has 2 fully saturated rings. The molecule has 2 aromatic heterocycles. The number of hydrogen-bond donors (Lipinski definition) is 0. The Kier molecular flexibility index (Phi) is 6.66. The van der Waals surface area contributed by atoms with E-state index in [1.165, 1.54) is 21.1 Å². The van der Waals surface area contributed by atoms with Crippen LogP contribution in [0.3, 0.4) is 0 Å². The van der Waals surface area contributed by atoms with E-state index in [1.807, 2.05) is 32.9 Å². The molecule has 2 aliphatic rings. The molecule has 8 nitrogen and oxygen atoms in total. The number of fused-ring (bicyclic) bond motifs is 1. The van der Waals surface area contributed by atoms with Gasteiger partial charge in [0.25, 0.3) is 11.5 Å². The van der Waals surface area contributed by atoms with Gasteiger partial charge in [-0.1, -0.05) is 30.0 Å². The normalized spacial score (nSPS) is 23.1. The number of nitrogens with zero attached hydrogens (tertiary/aromatic N) is 4. The number of carbonyl (C=O) groups is 1. The van der Waals surface area contributed by atoms with Crippen molar-refractivity contribution in [1.29, 1.82) is 0 Å². The van der Waals surface area contributed by atoms with Crippen LogP contribution in [-0.2, 0) is 14.3 Å². The molecule has 0 unspecified atom stereocenters. The highest BCUT2D eigenvalue weighted by Crippen LogP contribution is 2.33. The number of anilines is 1. The number of hydrogen-bond acceptors (Lipinski definition) is 8. The van der Waals surface area contributed by atoms with Crippen LogP contribution in [0.5, 0.6) is 0 Å². The van der Waals surface area contributed by atoms with Crippen LogP contribution in [0.25, 0.3) is 11.7 Å². The molecule has 4 heterocycles. The predicted octanol–water partition coefficient (Wildman–Crippen LogP) is 2.46. The van der Waals surface area contributed by atoms with E-state index in [9.17, 15) is 9.59 Å². The minimum Gasteiger partial charge on any atom is -0.383 e. The molecule has 0 bridgehead atoms. The van der Waals surface area contributed by atoms with Crippen LogP contribution < -0.4 is 10.5 Å². The number of methoxy groups -OCH3 is 1. The topological polar surface area (TPSA) is 76.4 Å². The number of amides is 1. The first-order valence-corrected chi connectivity index (χ1v) is 11.7. The summed E-state index contributed by atoms with van der Waals surface area (Å²) in [6, 6.07) is 3.74. The first kappa shape index (κ1) is 22.9. The Morgan fingerprint density at radius 1 is 1.31 bits per heavy atom. The smallest absolute Gasteiger partial charge is 0.267 e. The van der Waals surface area contributed by atoms with Gasteiger partial charge in [0, 0.05) is 26.4 Å². The molecule has 32 heavy (non-hydrogen) atoms. The van der Waals surface area contributed by atoms with Gasteiger partial charge in [0.1, 0.15) is 15.8 Å². The quantitative estimate of drug-likeness (QED) is 0.483. The van der Waals surface area contributed by atoms with Crippen LogP contribution in [0, 0.1) is 6.92 Å². The number of aromatic nitrogens is 2. The summed E-state index contributed by atoms with van der Waals surface area (Å²) in [6.45, 7) is 7.90. The minimum atomic E-state index is -0.222. The van der Waals surface area contributed by atoms with Gasteiger partial charge >= 0.3 is 0 Å². The number of pyridine rings is 1. The number of rotatable bonds is 5. The molecule has 10 heteroatoms. The monoisotopic (exact) mass is 474 g/mol. The van der Waals surface area contributed by atoms with Crippen molar-refractivity contribution in [3.63, 3.8) is 0 Å². The Balaban J connectivity index is 1.85. The first-order chi connectivity index (χ1) is 15.3. The molecule has 0 radical (unpaired) electrons. The van der Waals surface area contributed by atoms with Crippen molar-refractivity contribution in [2.45, 2.75) is 33.0 Å². The Morgan fingerprint density at radius 2 is 2.03 bits per heavy atom. The summed E-state index contributed by atoms with van der Waals surface area (Å²) in [5.41, 5.74) is 1.66. The lowest BCUT2D eigenvalue weighted by Gasteiger charge is -2.36. The lowest BCUT2D eigenvalue weighted by Crippen LogP contribution is -2.46. The van der Waals surface area contributed by atoms with Crippen LogP contribution >= 0.6 is 24.0 Å². The zero-order valence-corrected chi connectivity index (χ0v) is 20.2. The molecule has 170 valence electrons. The third-order valence-corrected chi connectivity index (χ3v) is 6.83.